The molecule has 0 aliphatic carbocycles. The van der Waals surface area contributed by atoms with Gasteiger partial charge in [-0.2, -0.15) is 8.62 Å². The van der Waals surface area contributed by atoms with Crippen LogP contribution in [0.3, 0.4) is 0 Å². The Morgan fingerprint density at radius 1 is 0.579 bits per heavy atom. The summed E-state index contributed by atoms with van der Waals surface area (Å²) in [6.45, 7) is 0. The third-order valence-corrected chi connectivity index (χ3v) is 3.77. The van der Waals surface area contributed by atoms with E-state index in [-0.39, 0.29) is 221 Å². The second kappa shape index (κ2) is 20.4. The Morgan fingerprint density at radius 3 is 0.842 bits per heavy atom. The zero-order valence-corrected chi connectivity index (χ0v) is 8.30. The fourth-order valence-electron chi connectivity index (χ4n) is 0.284. The van der Waals surface area contributed by atoms with Gasteiger partial charge in [-0.1, -0.05) is 0 Å². The Labute approximate surface area is 283 Å². The Bertz CT molecular complexity index is 295. The predicted molar refractivity (Wildman–Crippen MR) is 79.0 cm³/mol. The minimum absolute atomic E-state index is 0. The first-order chi connectivity index (χ1) is 5.41. The summed E-state index contributed by atoms with van der Waals surface area (Å²) in [5, 5.41) is 0. The summed E-state index contributed by atoms with van der Waals surface area (Å²) in [5.74, 6) is 0. The van der Waals surface area contributed by atoms with Crippen LogP contribution in [-0.4, -0.2) is 245 Å². The maximum atomic E-state index is 10.4. The monoisotopic (exact) mass is 434 g/mol. The van der Waals surface area contributed by atoms with Crippen LogP contribution in [0.2, 0.25) is 0 Å². The molecule has 0 radical (unpaired) electrons. The topological polar surface area (TPSA) is 171 Å². The molecule has 0 saturated carbocycles. The van der Waals surface area contributed by atoms with Gasteiger partial charge in [-0.3, -0.25) is 0 Å². The second-order valence-electron chi connectivity index (χ2n) is 1.61. The van der Waals surface area contributed by atoms with Gasteiger partial charge in [0.2, 0.25) is 0 Å². The first kappa shape index (κ1) is 45.4. The minimum atomic E-state index is -5.46. The second-order valence-corrected chi connectivity index (χ2v) is 5.82. The number of hydrogen-bond donors (Lipinski definition) is 5. The summed E-state index contributed by atoms with van der Waals surface area (Å²) in [6.07, 6.45) is 0. The van der Waals surface area contributed by atoms with Crippen molar-refractivity contribution in [3.05, 3.63) is 0 Å². The molecule has 0 unspecified atom stereocenters. The van der Waals surface area contributed by atoms with E-state index in [1.165, 1.54) is 0 Å². The average Bonchev–Trinajstić information content (AvgIpc) is 1.43. The van der Waals surface area contributed by atoms with Gasteiger partial charge in [0.25, 0.3) is 0 Å². The molecule has 92 valence electrons. The average molecular weight is 434 g/mol. The third-order valence-electron chi connectivity index (χ3n) is 0.419. The van der Waals surface area contributed by atoms with Crippen molar-refractivity contribution in [2.24, 2.45) is 0 Å². The van der Waals surface area contributed by atoms with Crippen LogP contribution >= 0.6 is 23.5 Å². The van der Waals surface area contributed by atoms with Gasteiger partial charge in [-0.05, 0) is 0 Å². The van der Waals surface area contributed by atoms with E-state index in [0.717, 1.165) is 0 Å². The number of phosphoric acid groups is 3. The van der Waals surface area contributed by atoms with E-state index in [1.807, 2.05) is 0 Å². The van der Waals surface area contributed by atoms with Crippen LogP contribution in [0.4, 0.5) is 0 Å². The van der Waals surface area contributed by atoms with Gasteiger partial charge in [0, 0.05) is 0 Å². The van der Waals surface area contributed by atoms with Gasteiger partial charge in [0.15, 0.2) is 0 Å². The summed E-state index contributed by atoms with van der Waals surface area (Å²) < 4.78 is 36.4. The van der Waals surface area contributed by atoms with Gasteiger partial charge < -0.3 is 24.5 Å². The Kier molecular flexibility index (Phi) is 48.8. The summed E-state index contributed by atoms with van der Waals surface area (Å²) in [4.78, 5) is 40.2. The van der Waals surface area contributed by atoms with Crippen LogP contribution in [-0.2, 0) is 22.3 Å². The summed E-state index contributed by atoms with van der Waals surface area (Å²) in [6, 6.07) is 0. The molecular weight excluding hydrogens is 423 g/mol. The molecule has 5 N–H and O–H groups in total. The molecule has 0 aliphatic heterocycles. The van der Waals surface area contributed by atoms with Crippen molar-refractivity contribution >= 4 is 244 Å². The summed E-state index contributed by atoms with van der Waals surface area (Å²) >= 11 is 0. The van der Waals surface area contributed by atoms with Crippen molar-refractivity contribution in [2.45, 2.75) is 0 Å². The van der Waals surface area contributed by atoms with Gasteiger partial charge in [-0.25, -0.2) is 13.7 Å². The van der Waals surface area contributed by atoms with E-state index < -0.39 is 23.5 Å². The molecule has 0 aromatic heterocycles. The zero-order valence-electron chi connectivity index (χ0n) is 5.62. The molecule has 0 rings (SSSR count). The fourth-order valence-corrected chi connectivity index (χ4v) is 2.82. The quantitative estimate of drug-likeness (QED) is 0.214. The van der Waals surface area contributed by atoms with Crippen LogP contribution < -0.4 is 0 Å². The molecule has 0 saturated heterocycles. The van der Waals surface area contributed by atoms with E-state index in [2.05, 4.69) is 8.62 Å². The van der Waals surface area contributed by atoms with E-state index in [1.54, 1.807) is 0 Å². The molecule has 19 heteroatoms. The predicted octanol–water partition coefficient (Wildman–Crippen LogP) is -4.59. The van der Waals surface area contributed by atoms with Crippen LogP contribution in [0, 0.1) is 0 Å². The van der Waals surface area contributed by atoms with Crippen LogP contribution in [0.25, 0.3) is 0 Å². The number of hydrogen-bond acceptors (Lipinski definition) is 5. The number of rotatable bonds is 4. The van der Waals surface area contributed by atoms with Gasteiger partial charge in [-0.15, -0.1) is 0 Å². The molecule has 0 aromatic rings. The van der Waals surface area contributed by atoms with Crippen molar-refractivity contribution in [3.63, 3.8) is 0 Å². The van der Waals surface area contributed by atoms with Crippen molar-refractivity contribution in [1.82, 2.24) is 0 Å². The molecule has 0 atom stereocenters. The van der Waals surface area contributed by atoms with Crippen LogP contribution in [0.1, 0.15) is 0 Å². The summed E-state index contributed by atoms with van der Waals surface area (Å²) in [7, 11) is -16.2. The van der Waals surface area contributed by atoms with Gasteiger partial charge in [0.1, 0.15) is 0 Å². The van der Waals surface area contributed by atoms with Gasteiger partial charge in [0.05, 0.1) is 0 Å². The Balaban J connectivity index is -0.0000000480. The maximum absolute atomic E-state index is 10.4. The molecule has 10 nitrogen and oxygen atoms in total. The molecule has 0 spiro atoms. The SMILES string of the molecule is O=P(O)(O)OP(=O)(O)OP(=O)(O)O.[KH].[KH].[NaH].[NaH].[NaH].[NaH]. The first-order valence-electron chi connectivity index (χ1n) is 2.28. The van der Waals surface area contributed by atoms with Crippen LogP contribution in [0.15, 0.2) is 0 Å². The normalized spacial score (nSPS) is 9.95. The van der Waals surface area contributed by atoms with E-state index in [0.29, 0.717) is 0 Å². The fraction of sp³-hybridized carbons (Fsp3) is 0. The molecule has 19 heavy (non-hydrogen) atoms. The van der Waals surface area contributed by atoms with E-state index in [4.69, 9.17) is 24.5 Å². The molecule has 0 amide bonds. The molecular formula is H11K2Na4O10P3. The molecule has 0 bridgehead atoms. The Morgan fingerprint density at radius 2 is 0.737 bits per heavy atom. The molecule has 0 heterocycles. The van der Waals surface area contributed by atoms with Crippen molar-refractivity contribution < 1.29 is 46.8 Å². The Hall–Kier alpha value is 7.68. The summed E-state index contributed by atoms with van der Waals surface area (Å²) in [5.41, 5.74) is 0. The van der Waals surface area contributed by atoms with E-state index >= 15 is 0 Å². The standard InChI is InChI=1S/2K.4Na.H5O10P3.6H/c;;;;;;1-11(2,3)9-13(7,8)10-12(4,5)6;;;;;;/h;;;;;;(H,7,8)(H2,1,2,3)(H2,4,5,6);;;;;;. The zero-order chi connectivity index (χ0) is 10.9. The van der Waals surface area contributed by atoms with Crippen molar-refractivity contribution in [2.75, 3.05) is 0 Å². The van der Waals surface area contributed by atoms with Gasteiger partial charge >= 0.3 is 244 Å². The molecule has 0 fully saturated rings. The van der Waals surface area contributed by atoms with Crippen molar-refractivity contribution in [1.29, 1.82) is 0 Å². The third kappa shape index (κ3) is 37.2. The first-order valence-corrected chi connectivity index (χ1v) is 6.83. The molecule has 0 aromatic carbocycles. The van der Waals surface area contributed by atoms with E-state index in [9.17, 15) is 13.7 Å². The molecule has 0 aliphatic rings. The van der Waals surface area contributed by atoms with Crippen molar-refractivity contribution in [3.8, 4) is 0 Å². The van der Waals surface area contributed by atoms with Crippen LogP contribution in [0.5, 0.6) is 0 Å².